The van der Waals surface area contributed by atoms with Crippen LogP contribution in [0.1, 0.15) is 47.0 Å². The van der Waals surface area contributed by atoms with Crippen molar-refractivity contribution in [3.63, 3.8) is 0 Å². The lowest BCUT2D eigenvalue weighted by molar-refractivity contribution is -0.208. The van der Waals surface area contributed by atoms with Crippen LogP contribution in [0.3, 0.4) is 0 Å². The predicted octanol–water partition coefficient (Wildman–Crippen LogP) is 2.57. The highest BCUT2D eigenvalue weighted by Crippen LogP contribution is 2.40. The maximum atomic E-state index is 10.2. The van der Waals surface area contributed by atoms with Gasteiger partial charge in [-0.1, -0.05) is 34.1 Å². The molecule has 1 saturated carbocycles. The number of aliphatic hydroxyl groups is 1. The van der Waals surface area contributed by atoms with Crippen molar-refractivity contribution in [3.05, 3.63) is 0 Å². The Hall–Kier alpha value is -0.120. The summed E-state index contributed by atoms with van der Waals surface area (Å²) in [5.74, 6) is 0.895. The Morgan fingerprint density at radius 1 is 1.29 bits per heavy atom. The van der Waals surface area contributed by atoms with Crippen LogP contribution in [0.5, 0.6) is 0 Å². The molecule has 0 bridgehead atoms. The minimum absolute atomic E-state index is 0.0931. The molecule has 17 heavy (non-hydrogen) atoms. The van der Waals surface area contributed by atoms with E-state index in [-0.39, 0.29) is 11.5 Å². The second-order valence-corrected chi connectivity index (χ2v) is 6.47. The van der Waals surface area contributed by atoms with E-state index in [2.05, 4.69) is 27.7 Å². The van der Waals surface area contributed by atoms with Gasteiger partial charge in [0.15, 0.2) is 6.29 Å². The summed E-state index contributed by atoms with van der Waals surface area (Å²) in [6.45, 7) is 9.02. The van der Waals surface area contributed by atoms with Crippen LogP contribution < -0.4 is 0 Å². The molecule has 0 amide bonds. The van der Waals surface area contributed by atoms with Crippen molar-refractivity contribution in [2.45, 2.75) is 65.5 Å². The van der Waals surface area contributed by atoms with Crippen molar-refractivity contribution in [2.24, 2.45) is 17.3 Å². The predicted molar refractivity (Wildman–Crippen MR) is 66.6 cm³/mol. The van der Waals surface area contributed by atoms with Gasteiger partial charge in [0.2, 0.25) is 0 Å². The zero-order valence-corrected chi connectivity index (χ0v) is 11.5. The minimum atomic E-state index is -0.699. The highest BCUT2D eigenvalue weighted by molar-refractivity contribution is 4.90. The molecule has 1 aliphatic carbocycles. The topological polar surface area (TPSA) is 38.7 Å². The first-order chi connectivity index (χ1) is 7.93. The molecule has 4 atom stereocenters. The average Bonchev–Trinajstić information content (AvgIpc) is 2.82. The highest BCUT2D eigenvalue weighted by atomic mass is 16.6. The fraction of sp³-hybridized carbons (Fsp3) is 1.00. The highest BCUT2D eigenvalue weighted by Gasteiger charge is 2.44. The van der Waals surface area contributed by atoms with Crippen LogP contribution in [-0.2, 0) is 9.47 Å². The fourth-order valence-electron chi connectivity index (χ4n) is 2.70. The first-order valence-corrected chi connectivity index (χ1v) is 6.88. The number of hydrogen-bond donors (Lipinski definition) is 1. The van der Waals surface area contributed by atoms with Gasteiger partial charge in [-0.25, -0.2) is 0 Å². The second kappa shape index (κ2) is 4.87. The van der Waals surface area contributed by atoms with Gasteiger partial charge in [0.25, 0.3) is 0 Å². The lowest BCUT2D eigenvalue weighted by atomic mass is 9.80. The summed E-state index contributed by atoms with van der Waals surface area (Å²) in [6.07, 6.45) is 3.36. The molecule has 1 aliphatic heterocycles. The Bertz CT molecular complexity index is 262. The molecule has 1 saturated heterocycles. The Morgan fingerprint density at radius 3 is 2.65 bits per heavy atom. The van der Waals surface area contributed by atoms with E-state index in [4.69, 9.17) is 9.47 Å². The van der Waals surface area contributed by atoms with Crippen LogP contribution in [0.2, 0.25) is 0 Å². The van der Waals surface area contributed by atoms with Gasteiger partial charge in [0.1, 0.15) is 0 Å². The molecule has 100 valence electrons. The monoisotopic (exact) mass is 242 g/mol. The van der Waals surface area contributed by atoms with E-state index in [0.29, 0.717) is 24.5 Å². The van der Waals surface area contributed by atoms with E-state index in [1.165, 1.54) is 12.8 Å². The molecule has 2 fully saturated rings. The summed E-state index contributed by atoms with van der Waals surface area (Å²) in [5, 5.41) is 10.2. The third-order valence-electron chi connectivity index (χ3n) is 4.88. The molecule has 3 nitrogen and oxygen atoms in total. The summed E-state index contributed by atoms with van der Waals surface area (Å²) in [6, 6.07) is 0. The van der Waals surface area contributed by atoms with Gasteiger partial charge in [-0.3, -0.25) is 0 Å². The van der Waals surface area contributed by atoms with Crippen LogP contribution in [0.4, 0.5) is 0 Å². The number of rotatable bonds is 4. The summed E-state index contributed by atoms with van der Waals surface area (Å²) < 4.78 is 11.6. The van der Waals surface area contributed by atoms with E-state index < -0.39 is 6.29 Å². The lowest BCUT2D eigenvalue weighted by Crippen LogP contribution is -2.40. The molecule has 2 aliphatic rings. The van der Waals surface area contributed by atoms with Crippen molar-refractivity contribution in [2.75, 3.05) is 6.61 Å². The molecule has 0 aromatic rings. The lowest BCUT2D eigenvalue weighted by Gasteiger charge is -2.36. The van der Waals surface area contributed by atoms with Gasteiger partial charge in [0, 0.05) is 11.3 Å². The van der Waals surface area contributed by atoms with Crippen molar-refractivity contribution in [1.29, 1.82) is 0 Å². The molecule has 0 aromatic carbocycles. The molecule has 3 heteroatoms. The molecule has 4 unspecified atom stereocenters. The van der Waals surface area contributed by atoms with Gasteiger partial charge in [-0.15, -0.1) is 0 Å². The number of fused-ring (bicyclic) bond motifs is 1. The minimum Gasteiger partial charge on any atom is -0.375 e. The first kappa shape index (κ1) is 13.3. The summed E-state index contributed by atoms with van der Waals surface area (Å²) in [7, 11) is 0. The molecule has 2 rings (SSSR count). The zero-order valence-electron chi connectivity index (χ0n) is 11.5. The SMILES string of the molecule is CC(C)C(C)(C)C(O)OC1COC2CCCC21. The van der Waals surface area contributed by atoms with Crippen molar-refractivity contribution >= 4 is 0 Å². The van der Waals surface area contributed by atoms with Gasteiger partial charge in [-0.05, 0) is 18.8 Å². The molecular formula is C14H26O3. The Balaban J connectivity index is 1.93. The third-order valence-corrected chi connectivity index (χ3v) is 4.88. The van der Waals surface area contributed by atoms with Crippen molar-refractivity contribution in [1.82, 2.24) is 0 Å². The molecule has 0 spiro atoms. The summed E-state index contributed by atoms with van der Waals surface area (Å²) in [4.78, 5) is 0. The number of ether oxygens (including phenoxy) is 2. The Kier molecular flexibility index (Phi) is 3.81. The molecule has 0 aromatic heterocycles. The fourth-order valence-corrected chi connectivity index (χ4v) is 2.70. The van der Waals surface area contributed by atoms with E-state index in [9.17, 15) is 5.11 Å². The maximum absolute atomic E-state index is 10.2. The maximum Gasteiger partial charge on any atom is 0.160 e. The van der Waals surface area contributed by atoms with Crippen molar-refractivity contribution in [3.8, 4) is 0 Å². The molecule has 0 radical (unpaired) electrons. The number of aliphatic hydroxyl groups excluding tert-OH is 1. The van der Waals surface area contributed by atoms with E-state index in [1.54, 1.807) is 0 Å². The van der Waals surface area contributed by atoms with Gasteiger partial charge in [-0.2, -0.15) is 0 Å². The Labute approximate surface area is 104 Å². The summed E-state index contributed by atoms with van der Waals surface area (Å²) in [5.41, 5.74) is -0.212. The zero-order chi connectivity index (χ0) is 12.6. The molecule has 1 heterocycles. The van der Waals surface area contributed by atoms with Gasteiger partial charge in [0.05, 0.1) is 18.8 Å². The third kappa shape index (κ3) is 2.51. The van der Waals surface area contributed by atoms with E-state index >= 15 is 0 Å². The van der Waals surface area contributed by atoms with Crippen LogP contribution in [0, 0.1) is 17.3 Å². The smallest absolute Gasteiger partial charge is 0.160 e. The Morgan fingerprint density at radius 2 is 2.00 bits per heavy atom. The second-order valence-electron chi connectivity index (χ2n) is 6.47. The number of hydrogen-bond acceptors (Lipinski definition) is 3. The summed E-state index contributed by atoms with van der Waals surface area (Å²) >= 11 is 0. The average molecular weight is 242 g/mol. The van der Waals surface area contributed by atoms with Crippen LogP contribution >= 0.6 is 0 Å². The van der Waals surface area contributed by atoms with Crippen LogP contribution in [-0.4, -0.2) is 30.2 Å². The van der Waals surface area contributed by atoms with Gasteiger partial charge >= 0.3 is 0 Å². The van der Waals surface area contributed by atoms with Crippen molar-refractivity contribution < 1.29 is 14.6 Å². The molecule has 1 N–H and O–H groups in total. The van der Waals surface area contributed by atoms with E-state index in [0.717, 1.165) is 6.42 Å². The van der Waals surface area contributed by atoms with Gasteiger partial charge < -0.3 is 14.6 Å². The van der Waals surface area contributed by atoms with Crippen LogP contribution in [0.15, 0.2) is 0 Å². The van der Waals surface area contributed by atoms with Crippen LogP contribution in [0.25, 0.3) is 0 Å². The standard InChI is InChI=1S/C14H26O3/c1-9(2)14(3,4)13(15)17-12-8-16-11-7-5-6-10(11)12/h9-13,15H,5-8H2,1-4H3. The normalized spacial score (nSPS) is 35.3. The quantitative estimate of drug-likeness (QED) is 0.770. The van der Waals surface area contributed by atoms with E-state index in [1.807, 2.05) is 0 Å². The largest absolute Gasteiger partial charge is 0.375 e. The first-order valence-electron chi connectivity index (χ1n) is 6.88. The molecular weight excluding hydrogens is 216 g/mol.